The zero-order chi connectivity index (χ0) is 15.0. The quantitative estimate of drug-likeness (QED) is 0.792. The summed E-state index contributed by atoms with van der Waals surface area (Å²) in [6.07, 6.45) is 0.915. The Kier molecular flexibility index (Phi) is 3.29. The summed E-state index contributed by atoms with van der Waals surface area (Å²) in [7, 11) is 2.60. The fourth-order valence-corrected chi connectivity index (χ4v) is 3.25. The van der Waals surface area contributed by atoms with Crippen molar-refractivity contribution in [1.82, 2.24) is 0 Å². The molecule has 0 aliphatic carbocycles. The minimum atomic E-state index is -0.900. The van der Waals surface area contributed by atoms with E-state index < -0.39 is 23.6 Å². The normalized spacial score (nSPS) is 26.9. The molecule has 2 unspecified atom stereocenters. The van der Waals surface area contributed by atoms with E-state index in [1.807, 2.05) is 30.3 Å². The van der Waals surface area contributed by atoms with E-state index >= 15 is 0 Å². The summed E-state index contributed by atoms with van der Waals surface area (Å²) in [5, 5.41) is 0. The molecule has 110 valence electrons. The van der Waals surface area contributed by atoms with Gasteiger partial charge in [0, 0.05) is 0 Å². The number of hydrogen-bond acceptors (Lipinski definition) is 5. The first-order valence-electron chi connectivity index (χ1n) is 6.78. The Balaban J connectivity index is 2.19. The van der Waals surface area contributed by atoms with Crippen molar-refractivity contribution in [3.8, 4) is 0 Å². The van der Waals surface area contributed by atoms with Crippen LogP contribution in [0.15, 0.2) is 41.5 Å². The van der Waals surface area contributed by atoms with Crippen LogP contribution in [-0.4, -0.2) is 32.3 Å². The Morgan fingerprint density at radius 2 is 1.81 bits per heavy atom. The van der Waals surface area contributed by atoms with E-state index in [9.17, 15) is 9.59 Å². The lowest BCUT2D eigenvalue weighted by molar-refractivity contribution is -0.140. The molecule has 2 aliphatic heterocycles. The van der Waals surface area contributed by atoms with Gasteiger partial charge in [-0.15, -0.1) is 0 Å². The van der Waals surface area contributed by atoms with Crippen molar-refractivity contribution in [1.29, 1.82) is 0 Å². The number of hydrogen-bond donors (Lipinski definition) is 0. The fraction of sp³-hybridized carbons (Fsp3) is 0.375. The minimum Gasteiger partial charge on any atom is -0.466 e. The van der Waals surface area contributed by atoms with E-state index in [1.54, 1.807) is 0 Å². The van der Waals surface area contributed by atoms with Gasteiger partial charge in [0.25, 0.3) is 0 Å². The molecule has 2 atom stereocenters. The molecule has 0 N–H and O–H groups in total. The third-order valence-electron chi connectivity index (χ3n) is 4.13. The molecule has 1 aromatic rings. The van der Waals surface area contributed by atoms with Crippen LogP contribution in [0.2, 0.25) is 0 Å². The Hall–Kier alpha value is -2.14. The number of esters is 2. The van der Waals surface area contributed by atoms with Gasteiger partial charge in [-0.1, -0.05) is 30.3 Å². The van der Waals surface area contributed by atoms with Gasteiger partial charge in [0.05, 0.1) is 31.5 Å². The van der Waals surface area contributed by atoms with E-state index in [1.165, 1.54) is 14.2 Å². The third-order valence-corrected chi connectivity index (χ3v) is 4.13. The summed E-state index contributed by atoms with van der Waals surface area (Å²) in [5.74, 6) is -1.07. The fourth-order valence-electron chi connectivity index (χ4n) is 3.25. The number of carbonyl (C=O) groups is 2. The summed E-state index contributed by atoms with van der Waals surface area (Å²) in [5.41, 5.74) is 0.522. The molecule has 2 bridgehead atoms. The maximum Gasteiger partial charge on any atom is 0.337 e. The topological polar surface area (TPSA) is 61.8 Å². The van der Waals surface area contributed by atoms with E-state index in [-0.39, 0.29) is 5.57 Å². The monoisotopic (exact) mass is 288 g/mol. The average molecular weight is 288 g/mol. The SMILES string of the molecule is COC(=O)C1=C(C(=O)OC)C2(c3ccccc3)CCC1O2. The van der Waals surface area contributed by atoms with Gasteiger partial charge in [0.15, 0.2) is 0 Å². The largest absolute Gasteiger partial charge is 0.466 e. The Morgan fingerprint density at radius 1 is 1.14 bits per heavy atom. The molecule has 0 aromatic heterocycles. The van der Waals surface area contributed by atoms with Gasteiger partial charge in [-0.05, 0) is 18.4 Å². The smallest absolute Gasteiger partial charge is 0.337 e. The third kappa shape index (κ3) is 1.88. The van der Waals surface area contributed by atoms with Crippen molar-refractivity contribution in [2.75, 3.05) is 14.2 Å². The molecule has 0 saturated carbocycles. The lowest BCUT2D eigenvalue weighted by Gasteiger charge is -2.28. The van der Waals surface area contributed by atoms with E-state index in [0.717, 1.165) is 5.56 Å². The number of ether oxygens (including phenoxy) is 3. The summed E-state index contributed by atoms with van der Waals surface area (Å²) in [6, 6.07) is 9.44. The Morgan fingerprint density at radius 3 is 2.43 bits per heavy atom. The van der Waals surface area contributed by atoms with Crippen LogP contribution in [0, 0.1) is 0 Å². The molecule has 5 heteroatoms. The van der Waals surface area contributed by atoms with E-state index in [0.29, 0.717) is 18.4 Å². The first-order chi connectivity index (χ1) is 10.1. The highest BCUT2D eigenvalue weighted by atomic mass is 16.6. The van der Waals surface area contributed by atoms with Gasteiger partial charge in [0.2, 0.25) is 0 Å². The molecule has 0 amide bonds. The van der Waals surface area contributed by atoms with Gasteiger partial charge < -0.3 is 14.2 Å². The zero-order valence-corrected chi connectivity index (χ0v) is 11.9. The minimum absolute atomic E-state index is 0.277. The van der Waals surface area contributed by atoms with Crippen LogP contribution in [0.3, 0.4) is 0 Å². The number of methoxy groups -OCH3 is 2. The molecule has 1 aromatic carbocycles. The maximum absolute atomic E-state index is 12.2. The second-order valence-electron chi connectivity index (χ2n) is 5.11. The predicted molar refractivity (Wildman–Crippen MR) is 73.3 cm³/mol. The van der Waals surface area contributed by atoms with Crippen molar-refractivity contribution >= 4 is 11.9 Å². The van der Waals surface area contributed by atoms with Gasteiger partial charge in [-0.2, -0.15) is 0 Å². The van der Waals surface area contributed by atoms with Crippen molar-refractivity contribution in [3.63, 3.8) is 0 Å². The van der Waals surface area contributed by atoms with Gasteiger partial charge in [-0.25, -0.2) is 9.59 Å². The second kappa shape index (κ2) is 5.00. The van der Waals surface area contributed by atoms with Gasteiger partial charge in [-0.3, -0.25) is 0 Å². The molecule has 21 heavy (non-hydrogen) atoms. The van der Waals surface area contributed by atoms with Crippen LogP contribution in [0.25, 0.3) is 0 Å². The number of carbonyl (C=O) groups excluding carboxylic acids is 2. The second-order valence-corrected chi connectivity index (χ2v) is 5.11. The highest BCUT2D eigenvalue weighted by molar-refractivity contribution is 6.04. The van der Waals surface area contributed by atoms with Crippen molar-refractivity contribution < 1.29 is 23.8 Å². The van der Waals surface area contributed by atoms with Crippen LogP contribution in [0.4, 0.5) is 0 Å². The van der Waals surface area contributed by atoms with Gasteiger partial charge >= 0.3 is 11.9 Å². The first-order valence-corrected chi connectivity index (χ1v) is 6.78. The molecule has 2 aliphatic rings. The molecule has 1 fully saturated rings. The van der Waals surface area contributed by atoms with Crippen LogP contribution >= 0.6 is 0 Å². The van der Waals surface area contributed by atoms with E-state index in [4.69, 9.17) is 14.2 Å². The maximum atomic E-state index is 12.2. The molecule has 0 radical (unpaired) electrons. The lowest BCUT2D eigenvalue weighted by atomic mass is 9.77. The number of fused-ring (bicyclic) bond motifs is 2. The first kappa shape index (κ1) is 13.8. The van der Waals surface area contributed by atoms with Crippen LogP contribution in [0.1, 0.15) is 18.4 Å². The standard InChI is InChI=1S/C16H16O5/c1-19-14(17)12-11-8-9-16(21-11,13(12)15(18)20-2)10-6-4-3-5-7-10/h3-7,11H,8-9H2,1-2H3. The van der Waals surface area contributed by atoms with E-state index in [2.05, 4.69) is 0 Å². The van der Waals surface area contributed by atoms with Crippen molar-refractivity contribution in [2.24, 2.45) is 0 Å². The lowest BCUT2D eigenvalue weighted by Crippen LogP contribution is -2.31. The van der Waals surface area contributed by atoms with Crippen molar-refractivity contribution in [2.45, 2.75) is 24.5 Å². The van der Waals surface area contributed by atoms with Gasteiger partial charge in [0.1, 0.15) is 5.60 Å². The highest BCUT2D eigenvalue weighted by Gasteiger charge is 2.58. The average Bonchev–Trinajstić information content (AvgIpc) is 3.11. The highest BCUT2D eigenvalue weighted by Crippen LogP contribution is 2.54. The molecular weight excluding hydrogens is 272 g/mol. The zero-order valence-electron chi connectivity index (χ0n) is 11.9. The molecule has 2 heterocycles. The summed E-state index contributed by atoms with van der Waals surface area (Å²) in [6.45, 7) is 0. The number of benzene rings is 1. The molecular formula is C16H16O5. The van der Waals surface area contributed by atoms with Crippen LogP contribution in [-0.2, 0) is 29.4 Å². The molecule has 1 saturated heterocycles. The summed E-state index contributed by atoms with van der Waals surface area (Å²) < 4.78 is 15.7. The molecule has 5 nitrogen and oxygen atoms in total. The Bertz CT molecular complexity index is 619. The summed E-state index contributed by atoms with van der Waals surface area (Å²) in [4.78, 5) is 24.3. The molecule has 0 spiro atoms. The Labute approximate surface area is 122 Å². The van der Waals surface area contributed by atoms with Crippen LogP contribution in [0.5, 0.6) is 0 Å². The van der Waals surface area contributed by atoms with Crippen LogP contribution < -0.4 is 0 Å². The van der Waals surface area contributed by atoms with Crippen molar-refractivity contribution in [3.05, 3.63) is 47.0 Å². The predicted octanol–water partition coefficient (Wildman–Crippen LogP) is 1.72. The summed E-state index contributed by atoms with van der Waals surface area (Å²) >= 11 is 0. The molecule has 3 rings (SSSR count). The number of rotatable bonds is 3.